The van der Waals surface area contributed by atoms with Crippen LogP contribution in [-0.2, 0) is 0 Å². The molecule has 0 aliphatic carbocycles. The zero-order valence-corrected chi connectivity index (χ0v) is 12.0. The second-order valence-corrected chi connectivity index (χ2v) is 4.81. The Hall–Kier alpha value is -2.20. The summed E-state index contributed by atoms with van der Waals surface area (Å²) in [4.78, 5) is 12.2. The molecule has 0 saturated carbocycles. The van der Waals surface area contributed by atoms with Gasteiger partial charge in [-0.3, -0.25) is 4.79 Å². The van der Waals surface area contributed by atoms with E-state index in [0.717, 1.165) is 5.56 Å². The standard InChI is InChI=1S/C15H15ClN2O2/c1-9-7-10(3-5-12(9)17)15(19)18-13-8-11(16)4-6-14(13)20-2/h3-8H,17H2,1-2H3,(H,18,19). The van der Waals surface area contributed by atoms with Gasteiger partial charge in [0.2, 0.25) is 0 Å². The molecule has 5 heteroatoms. The van der Waals surface area contributed by atoms with Crippen LogP contribution in [0.1, 0.15) is 15.9 Å². The Morgan fingerprint density at radius 2 is 2.00 bits per heavy atom. The first-order valence-electron chi connectivity index (χ1n) is 6.02. The molecule has 0 fully saturated rings. The summed E-state index contributed by atoms with van der Waals surface area (Å²) in [6.07, 6.45) is 0. The number of carbonyl (C=O) groups excluding carboxylic acids is 1. The molecule has 0 saturated heterocycles. The number of anilines is 2. The number of halogens is 1. The molecule has 1 amide bonds. The van der Waals surface area contributed by atoms with Gasteiger partial charge in [-0.05, 0) is 48.9 Å². The van der Waals surface area contributed by atoms with Crippen molar-refractivity contribution >= 4 is 28.9 Å². The Morgan fingerprint density at radius 3 is 2.65 bits per heavy atom. The lowest BCUT2D eigenvalue weighted by Gasteiger charge is -2.11. The Bertz CT molecular complexity index is 656. The van der Waals surface area contributed by atoms with Gasteiger partial charge in [0.15, 0.2) is 0 Å². The minimum atomic E-state index is -0.242. The molecule has 0 aliphatic rings. The summed E-state index contributed by atoms with van der Waals surface area (Å²) in [6, 6.07) is 10.2. The average Bonchev–Trinajstić information content (AvgIpc) is 2.42. The summed E-state index contributed by atoms with van der Waals surface area (Å²) in [7, 11) is 1.53. The molecule has 0 unspecified atom stereocenters. The first kappa shape index (κ1) is 14.2. The van der Waals surface area contributed by atoms with Crippen LogP contribution in [-0.4, -0.2) is 13.0 Å². The number of carbonyl (C=O) groups is 1. The van der Waals surface area contributed by atoms with E-state index in [-0.39, 0.29) is 5.91 Å². The maximum Gasteiger partial charge on any atom is 0.255 e. The molecular formula is C15H15ClN2O2. The molecule has 0 bridgehead atoms. The van der Waals surface area contributed by atoms with Crippen LogP contribution in [0.4, 0.5) is 11.4 Å². The molecule has 0 aromatic heterocycles. The normalized spacial score (nSPS) is 10.2. The van der Waals surface area contributed by atoms with Gasteiger partial charge in [-0.25, -0.2) is 0 Å². The Labute approximate surface area is 122 Å². The van der Waals surface area contributed by atoms with Crippen LogP contribution in [0.25, 0.3) is 0 Å². The molecule has 0 aliphatic heterocycles. The zero-order valence-electron chi connectivity index (χ0n) is 11.2. The number of methoxy groups -OCH3 is 1. The van der Waals surface area contributed by atoms with E-state index in [1.807, 2.05) is 6.92 Å². The van der Waals surface area contributed by atoms with Crippen molar-refractivity contribution in [3.63, 3.8) is 0 Å². The number of nitrogen functional groups attached to an aromatic ring is 1. The van der Waals surface area contributed by atoms with E-state index in [0.29, 0.717) is 27.7 Å². The minimum Gasteiger partial charge on any atom is -0.495 e. The van der Waals surface area contributed by atoms with E-state index in [4.69, 9.17) is 22.1 Å². The van der Waals surface area contributed by atoms with Gasteiger partial charge in [0.05, 0.1) is 12.8 Å². The van der Waals surface area contributed by atoms with Crippen molar-refractivity contribution in [3.05, 3.63) is 52.5 Å². The van der Waals surface area contributed by atoms with E-state index in [1.165, 1.54) is 7.11 Å². The van der Waals surface area contributed by atoms with Gasteiger partial charge in [0.1, 0.15) is 5.75 Å². The molecule has 2 rings (SSSR count). The number of benzene rings is 2. The zero-order chi connectivity index (χ0) is 14.7. The van der Waals surface area contributed by atoms with Crippen LogP contribution in [0.15, 0.2) is 36.4 Å². The first-order chi connectivity index (χ1) is 9.51. The molecule has 0 heterocycles. The summed E-state index contributed by atoms with van der Waals surface area (Å²) in [5, 5.41) is 3.30. The fraction of sp³-hybridized carbons (Fsp3) is 0.133. The summed E-state index contributed by atoms with van der Waals surface area (Å²) in [6.45, 7) is 1.85. The smallest absolute Gasteiger partial charge is 0.255 e. The minimum absolute atomic E-state index is 0.242. The fourth-order valence-corrected chi connectivity index (χ4v) is 1.96. The molecule has 0 spiro atoms. The Kier molecular flexibility index (Phi) is 4.15. The predicted octanol–water partition coefficient (Wildman–Crippen LogP) is 3.49. The first-order valence-corrected chi connectivity index (χ1v) is 6.40. The number of amides is 1. The van der Waals surface area contributed by atoms with Gasteiger partial charge < -0.3 is 15.8 Å². The lowest BCUT2D eigenvalue weighted by atomic mass is 10.1. The maximum atomic E-state index is 12.2. The number of ether oxygens (including phenoxy) is 1. The van der Waals surface area contributed by atoms with Crippen molar-refractivity contribution in [3.8, 4) is 5.75 Å². The van der Waals surface area contributed by atoms with Gasteiger partial charge in [-0.2, -0.15) is 0 Å². The Morgan fingerprint density at radius 1 is 1.25 bits per heavy atom. The van der Waals surface area contributed by atoms with Crippen molar-refractivity contribution in [1.82, 2.24) is 0 Å². The maximum absolute atomic E-state index is 12.2. The third-order valence-corrected chi connectivity index (χ3v) is 3.18. The van der Waals surface area contributed by atoms with E-state index >= 15 is 0 Å². The second kappa shape index (κ2) is 5.84. The van der Waals surface area contributed by atoms with E-state index < -0.39 is 0 Å². The van der Waals surface area contributed by atoms with E-state index in [2.05, 4.69) is 5.32 Å². The molecule has 2 aromatic rings. The third kappa shape index (κ3) is 3.03. The van der Waals surface area contributed by atoms with Crippen molar-refractivity contribution in [2.75, 3.05) is 18.2 Å². The van der Waals surface area contributed by atoms with Crippen molar-refractivity contribution in [2.24, 2.45) is 0 Å². The van der Waals surface area contributed by atoms with Gasteiger partial charge in [-0.1, -0.05) is 11.6 Å². The summed E-state index contributed by atoms with van der Waals surface area (Å²) in [5.41, 5.74) is 8.30. The van der Waals surface area contributed by atoms with Crippen LogP contribution >= 0.6 is 11.6 Å². The monoisotopic (exact) mass is 290 g/mol. The van der Waals surface area contributed by atoms with Crippen LogP contribution in [0, 0.1) is 6.92 Å². The second-order valence-electron chi connectivity index (χ2n) is 4.37. The number of rotatable bonds is 3. The van der Waals surface area contributed by atoms with Gasteiger partial charge in [0, 0.05) is 16.3 Å². The number of aryl methyl sites for hydroxylation is 1. The molecule has 20 heavy (non-hydrogen) atoms. The predicted molar refractivity (Wildman–Crippen MR) is 81.5 cm³/mol. The van der Waals surface area contributed by atoms with E-state index in [1.54, 1.807) is 36.4 Å². The number of hydrogen-bond acceptors (Lipinski definition) is 3. The number of nitrogens with one attached hydrogen (secondary N) is 1. The molecule has 4 nitrogen and oxygen atoms in total. The van der Waals surface area contributed by atoms with Crippen molar-refractivity contribution in [1.29, 1.82) is 0 Å². The lowest BCUT2D eigenvalue weighted by Crippen LogP contribution is -2.13. The third-order valence-electron chi connectivity index (χ3n) is 2.94. The largest absolute Gasteiger partial charge is 0.495 e. The summed E-state index contributed by atoms with van der Waals surface area (Å²) >= 11 is 5.93. The quantitative estimate of drug-likeness (QED) is 0.851. The summed E-state index contributed by atoms with van der Waals surface area (Å²) < 4.78 is 5.19. The highest BCUT2D eigenvalue weighted by molar-refractivity contribution is 6.31. The highest BCUT2D eigenvalue weighted by Gasteiger charge is 2.11. The molecule has 0 radical (unpaired) electrons. The van der Waals surface area contributed by atoms with Gasteiger partial charge in [-0.15, -0.1) is 0 Å². The average molecular weight is 291 g/mol. The number of hydrogen-bond donors (Lipinski definition) is 2. The SMILES string of the molecule is COc1ccc(Cl)cc1NC(=O)c1ccc(N)c(C)c1. The molecule has 0 atom stereocenters. The van der Waals surface area contributed by atoms with Crippen LogP contribution < -0.4 is 15.8 Å². The highest BCUT2D eigenvalue weighted by atomic mass is 35.5. The molecule has 2 aromatic carbocycles. The van der Waals surface area contributed by atoms with Crippen LogP contribution in [0.3, 0.4) is 0 Å². The van der Waals surface area contributed by atoms with Crippen LogP contribution in [0.5, 0.6) is 5.75 Å². The van der Waals surface area contributed by atoms with Crippen LogP contribution in [0.2, 0.25) is 5.02 Å². The van der Waals surface area contributed by atoms with Crippen molar-refractivity contribution in [2.45, 2.75) is 6.92 Å². The van der Waals surface area contributed by atoms with Gasteiger partial charge >= 0.3 is 0 Å². The van der Waals surface area contributed by atoms with E-state index in [9.17, 15) is 4.79 Å². The Balaban J connectivity index is 2.27. The van der Waals surface area contributed by atoms with Crippen molar-refractivity contribution < 1.29 is 9.53 Å². The summed E-state index contributed by atoms with van der Waals surface area (Å²) in [5.74, 6) is 0.309. The molecule has 3 N–H and O–H groups in total. The fourth-order valence-electron chi connectivity index (χ4n) is 1.79. The molecule has 104 valence electrons. The molecular weight excluding hydrogens is 276 g/mol. The topological polar surface area (TPSA) is 64.3 Å². The van der Waals surface area contributed by atoms with Gasteiger partial charge in [0.25, 0.3) is 5.91 Å². The lowest BCUT2D eigenvalue weighted by molar-refractivity contribution is 0.102. The number of nitrogens with two attached hydrogens (primary N) is 1. The highest BCUT2D eigenvalue weighted by Crippen LogP contribution is 2.28.